The quantitative estimate of drug-likeness (QED) is 0.734. The van der Waals surface area contributed by atoms with E-state index in [1.807, 2.05) is 0 Å². The molecule has 2 aromatic heterocycles. The van der Waals surface area contributed by atoms with Crippen LogP contribution >= 0.6 is 0 Å². The van der Waals surface area contributed by atoms with Crippen molar-refractivity contribution in [3.63, 3.8) is 0 Å². The minimum atomic E-state index is -0.461. The average Bonchev–Trinajstić information content (AvgIpc) is 3.25. The van der Waals surface area contributed by atoms with Crippen LogP contribution in [-0.4, -0.2) is 38.7 Å². The SMILES string of the molecule is CC1CN(c2ccc(-c3ccc(-n4nccn4)nc3)c(F)c2)C(=O)O1. The molecule has 1 aliphatic heterocycles. The molecule has 1 fully saturated rings. The van der Waals surface area contributed by atoms with Crippen molar-refractivity contribution in [1.82, 2.24) is 20.0 Å². The largest absolute Gasteiger partial charge is 0.444 e. The topological polar surface area (TPSA) is 73.1 Å². The second-order valence-electron chi connectivity index (χ2n) is 5.69. The van der Waals surface area contributed by atoms with Crippen LogP contribution in [0.25, 0.3) is 16.9 Å². The zero-order valence-electron chi connectivity index (χ0n) is 13.3. The lowest BCUT2D eigenvalue weighted by Crippen LogP contribution is -2.24. The smallest absolute Gasteiger partial charge is 0.414 e. The summed E-state index contributed by atoms with van der Waals surface area (Å²) in [6, 6.07) is 8.11. The van der Waals surface area contributed by atoms with Gasteiger partial charge in [-0.05, 0) is 37.3 Å². The van der Waals surface area contributed by atoms with Crippen LogP contribution in [0.3, 0.4) is 0 Å². The normalized spacial score (nSPS) is 17.0. The van der Waals surface area contributed by atoms with Crippen molar-refractivity contribution in [2.24, 2.45) is 0 Å². The first-order valence-corrected chi connectivity index (χ1v) is 7.72. The molecule has 0 aliphatic carbocycles. The van der Waals surface area contributed by atoms with Crippen molar-refractivity contribution in [2.45, 2.75) is 13.0 Å². The van der Waals surface area contributed by atoms with Gasteiger partial charge in [-0.15, -0.1) is 4.80 Å². The third kappa shape index (κ3) is 2.82. The maximum Gasteiger partial charge on any atom is 0.414 e. The Labute approximate surface area is 142 Å². The van der Waals surface area contributed by atoms with Crippen LogP contribution in [0.15, 0.2) is 48.9 Å². The molecule has 3 heterocycles. The summed E-state index contributed by atoms with van der Waals surface area (Å²) in [7, 11) is 0. The monoisotopic (exact) mass is 339 g/mol. The first kappa shape index (κ1) is 15.3. The minimum Gasteiger partial charge on any atom is -0.444 e. The Hall–Kier alpha value is -3.29. The van der Waals surface area contributed by atoms with E-state index < -0.39 is 11.9 Å². The highest BCUT2D eigenvalue weighted by Gasteiger charge is 2.29. The molecular formula is C17H14FN5O2. The zero-order valence-corrected chi connectivity index (χ0v) is 13.3. The Bertz CT molecular complexity index is 911. The standard InChI is InChI=1S/C17H14FN5O2/c1-11-10-22(17(24)25-11)13-3-4-14(15(18)8-13)12-2-5-16(19-9-12)23-20-6-7-21-23/h2-9,11H,10H2,1H3. The Morgan fingerprint density at radius 2 is 2.00 bits per heavy atom. The molecule has 1 atom stereocenters. The van der Waals surface area contributed by atoms with E-state index in [0.29, 0.717) is 29.2 Å². The van der Waals surface area contributed by atoms with E-state index in [-0.39, 0.29) is 6.10 Å². The zero-order chi connectivity index (χ0) is 17.4. The number of cyclic esters (lactones) is 1. The Morgan fingerprint density at radius 1 is 1.20 bits per heavy atom. The van der Waals surface area contributed by atoms with Gasteiger partial charge >= 0.3 is 6.09 Å². The highest BCUT2D eigenvalue weighted by molar-refractivity contribution is 5.90. The van der Waals surface area contributed by atoms with Crippen molar-refractivity contribution in [2.75, 3.05) is 11.4 Å². The third-order valence-corrected chi connectivity index (χ3v) is 3.91. The van der Waals surface area contributed by atoms with E-state index in [4.69, 9.17) is 4.74 Å². The van der Waals surface area contributed by atoms with E-state index in [0.717, 1.165) is 0 Å². The summed E-state index contributed by atoms with van der Waals surface area (Å²) in [6.07, 6.45) is 4.00. The predicted octanol–water partition coefficient (Wildman–Crippen LogP) is 2.81. The molecule has 0 N–H and O–H groups in total. The molecule has 1 unspecified atom stereocenters. The van der Waals surface area contributed by atoms with Gasteiger partial charge in [-0.2, -0.15) is 10.2 Å². The molecule has 8 heteroatoms. The summed E-state index contributed by atoms with van der Waals surface area (Å²) in [6.45, 7) is 2.20. The number of nitrogens with zero attached hydrogens (tertiary/aromatic N) is 5. The van der Waals surface area contributed by atoms with Gasteiger partial charge in [-0.25, -0.2) is 14.2 Å². The second-order valence-corrected chi connectivity index (χ2v) is 5.69. The Balaban J connectivity index is 1.62. The van der Waals surface area contributed by atoms with Gasteiger partial charge < -0.3 is 4.74 Å². The average molecular weight is 339 g/mol. The summed E-state index contributed by atoms with van der Waals surface area (Å²) >= 11 is 0. The van der Waals surface area contributed by atoms with Crippen LogP contribution in [-0.2, 0) is 4.74 Å². The molecule has 1 aromatic carbocycles. The lowest BCUT2D eigenvalue weighted by Gasteiger charge is -2.14. The Morgan fingerprint density at radius 3 is 2.60 bits per heavy atom. The van der Waals surface area contributed by atoms with Crippen LogP contribution in [0.4, 0.5) is 14.9 Å². The molecule has 7 nitrogen and oxygen atoms in total. The number of halogens is 1. The number of carbonyl (C=O) groups excluding carboxylic acids is 1. The number of anilines is 1. The van der Waals surface area contributed by atoms with Gasteiger partial charge in [0.15, 0.2) is 5.82 Å². The number of aromatic nitrogens is 4. The van der Waals surface area contributed by atoms with E-state index >= 15 is 0 Å². The van der Waals surface area contributed by atoms with Crippen molar-refractivity contribution < 1.29 is 13.9 Å². The predicted molar refractivity (Wildman–Crippen MR) is 87.8 cm³/mol. The van der Waals surface area contributed by atoms with Crippen molar-refractivity contribution in [1.29, 1.82) is 0 Å². The van der Waals surface area contributed by atoms with Gasteiger partial charge in [0.05, 0.1) is 24.6 Å². The van der Waals surface area contributed by atoms with E-state index in [2.05, 4.69) is 15.2 Å². The molecule has 0 bridgehead atoms. The highest BCUT2D eigenvalue weighted by atomic mass is 19.1. The fourth-order valence-electron chi connectivity index (χ4n) is 2.72. The number of hydrogen-bond donors (Lipinski definition) is 0. The highest BCUT2D eigenvalue weighted by Crippen LogP contribution is 2.28. The Kier molecular flexibility index (Phi) is 3.64. The van der Waals surface area contributed by atoms with Gasteiger partial charge in [0.1, 0.15) is 11.9 Å². The maximum absolute atomic E-state index is 14.6. The number of pyridine rings is 1. The fourth-order valence-corrected chi connectivity index (χ4v) is 2.72. The van der Waals surface area contributed by atoms with Crippen LogP contribution in [0, 0.1) is 5.82 Å². The number of hydrogen-bond acceptors (Lipinski definition) is 5. The van der Waals surface area contributed by atoms with Gasteiger partial charge in [-0.3, -0.25) is 4.90 Å². The maximum atomic E-state index is 14.6. The fraction of sp³-hybridized carbons (Fsp3) is 0.176. The van der Waals surface area contributed by atoms with Gasteiger partial charge in [0, 0.05) is 17.3 Å². The number of carbonyl (C=O) groups is 1. The van der Waals surface area contributed by atoms with Crippen LogP contribution in [0.5, 0.6) is 0 Å². The van der Waals surface area contributed by atoms with Gasteiger partial charge in [-0.1, -0.05) is 0 Å². The molecule has 126 valence electrons. The minimum absolute atomic E-state index is 0.206. The number of rotatable bonds is 3. The van der Waals surface area contributed by atoms with Crippen molar-refractivity contribution in [3.8, 4) is 16.9 Å². The summed E-state index contributed by atoms with van der Waals surface area (Å²) in [4.78, 5) is 18.8. The molecule has 1 saturated heterocycles. The lowest BCUT2D eigenvalue weighted by atomic mass is 10.1. The molecular weight excluding hydrogens is 325 g/mol. The van der Waals surface area contributed by atoms with Crippen molar-refractivity contribution in [3.05, 3.63) is 54.7 Å². The number of amides is 1. The summed E-state index contributed by atoms with van der Waals surface area (Å²) < 4.78 is 19.6. The second kappa shape index (κ2) is 5.97. The molecule has 0 saturated carbocycles. The summed E-state index contributed by atoms with van der Waals surface area (Å²) in [5.74, 6) is 0.108. The molecule has 0 spiro atoms. The van der Waals surface area contributed by atoms with E-state index in [1.165, 1.54) is 15.8 Å². The van der Waals surface area contributed by atoms with Crippen molar-refractivity contribution >= 4 is 11.8 Å². The summed E-state index contributed by atoms with van der Waals surface area (Å²) in [5, 5.41) is 7.99. The lowest BCUT2D eigenvalue weighted by molar-refractivity contribution is 0.150. The first-order valence-electron chi connectivity index (χ1n) is 7.72. The van der Waals surface area contributed by atoms with E-state index in [1.54, 1.807) is 49.8 Å². The number of ether oxygens (including phenoxy) is 1. The number of benzene rings is 1. The van der Waals surface area contributed by atoms with Gasteiger partial charge in [0.25, 0.3) is 0 Å². The molecule has 25 heavy (non-hydrogen) atoms. The first-order chi connectivity index (χ1) is 12.1. The van der Waals surface area contributed by atoms with Gasteiger partial charge in [0.2, 0.25) is 0 Å². The van der Waals surface area contributed by atoms with Crippen LogP contribution in [0.1, 0.15) is 6.92 Å². The third-order valence-electron chi connectivity index (χ3n) is 3.91. The van der Waals surface area contributed by atoms with Crippen LogP contribution in [0.2, 0.25) is 0 Å². The molecule has 3 aromatic rings. The summed E-state index contributed by atoms with van der Waals surface area (Å²) in [5.41, 5.74) is 1.50. The molecule has 1 aliphatic rings. The molecule has 4 rings (SSSR count). The molecule has 0 radical (unpaired) electrons. The van der Waals surface area contributed by atoms with E-state index in [9.17, 15) is 9.18 Å². The molecule has 1 amide bonds. The van der Waals surface area contributed by atoms with Crippen LogP contribution < -0.4 is 4.90 Å².